The van der Waals surface area contributed by atoms with E-state index in [4.69, 9.17) is 5.11 Å². The number of nitrogens with zero attached hydrogens (tertiary/aromatic N) is 1. The van der Waals surface area contributed by atoms with Crippen molar-refractivity contribution in [1.82, 2.24) is 4.90 Å². The van der Waals surface area contributed by atoms with Crippen LogP contribution in [0.2, 0.25) is 0 Å². The van der Waals surface area contributed by atoms with Gasteiger partial charge in [0, 0.05) is 13.6 Å². The predicted octanol–water partition coefficient (Wildman–Crippen LogP) is 0.496. The van der Waals surface area contributed by atoms with Crippen molar-refractivity contribution in [2.24, 2.45) is 5.41 Å². The van der Waals surface area contributed by atoms with Gasteiger partial charge in [0.15, 0.2) is 0 Å². The van der Waals surface area contributed by atoms with Gasteiger partial charge in [-0.1, -0.05) is 6.08 Å². The molecule has 0 aliphatic heterocycles. The topological polar surface area (TPSA) is 57.6 Å². The number of hydrogen-bond donors (Lipinski definition) is 1. The number of likely N-dealkylation sites (N-methyl/N-ethyl adjacent to an activating group) is 1. The molecule has 1 saturated carbocycles. The highest BCUT2D eigenvalue weighted by molar-refractivity contribution is 6.04. The maximum Gasteiger partial charge on any atom is 0.319 e. The van der Waals surface area contributed by atoms with Crippen molar-refractivity contribution in [2.75, 3.05) is 13.6 Å². The van der Waals surface area contributed by atoms with Gasteiger partial charge in [-0.05, 0) is 12.8 Å². The van der Waals surface area contributed by atoms with Crippen LogP contribution in [-0.4, -0.2) is 35.5 Å². The molecule has 1 amide bonds. The zero-order valence-corrected chi connectivity index (χ0v) is 7.62. The van der Waals surface area contributed by atoms with Gasteiger partial charge >= 0.3 is 5.97 Å². The van der Waals surface area contributed by atoms with Crippen molar-refractivity contribution in [3.8, 4) is 0 Å². The Labute approximate surface area is 76.8 Å². The molecule has 1 aliphatic rings. The minimum absolute atomic E-state index is 0.306. The van der Waals surface area contributed by atoms with E-state index < -0.39 is 11.4 Å². The Morgan fingerprint density at radius 2 is 2.15 bits per heavy atom. The molecule has 72 valence electrons. The SMILES string of the molecule is C=CCN(C)C(=O)C1(C(=O)O)CC1. The smallest absolute Gasteiger partial charge is 0.319 e. The lowest BCUT2D eigenvalue weighted by molar-refractivity contribution is -0.152. The first kappa shape index (κ1) is 9.77. The Morgan fingerprint density at radius 3 is 2.46 bits per heavy atom. The van der Waals surface area contributed by atoms with Gasteiger partial charge in [-0.25, -0.2) is 0 Å². The highest BCUT2D eigenvalue weighted by Crippen LogP contribution is 2.47. The molecular formula is C9H13NO3. The third kappa shape index (κ3) is 1.56. The molecule has 1 fully saturated rings. The fraction of sp³-hybridized carbons (Fsp3) is 0.556. The predicted molar refractivity (Wildman–Crippen MR) is 47.1 cm³/mol. The van der Waals surface area contributed by atoms with Gasteiger partial charge in [0.2, 0.25) is 5.91 Å². The molecule has 0 aromatic heterocycles. The fourth-order valence-corrected chi connectivity index (χ4v) is 1.29. The summed E-state index contributed by atoms with van der Waals surface area (Å²) in [6.45, 7) is 3.89. The van der Waals surface area contributed by atoms with Gasteiger partial charge in [-0.15, -0.1) is 6.58 Å². The number of hydrogen-bond acceptors (Lipinski definition) is 2. The van der Waals surface area contributed by atoms with Crippen molar-refractivity contribution < 1.29 is 14.7 Å². The molecular weight excluding hydrogens is 170 g/mol. The summed E-state index contributed by atoms with van der Waals surface area (Å²) in [5, 5.41) is 8.82. The number of rotatable bonds is 4. The molecule has 4 heteroatoms. The summed E-state index contributed by atoms with van der Waals surface area (Å²) in [4.78, 5) is 23.7. The number of amides is 1. The molecule has 0 heterocycles. The average Bonchev–Trinajstić information content (AvgIpc) is 2.83. The highest BCUT2D eigenvalue weighted by Gasteiger charge is 2.57. The van der Waals surface area contributed by atoms with Crippen LogP contribution in [-0.2, 0) is 9.59 Å². The summed E-state index contributed by atoms with van der Waals surface area (Å²) < 4.78 is 0. The van der Waals surface area contributed by atoms with E-state index >= 15 is 0 Å². The molecule has 1 N–H and O–H groups in total. The Hall–Kier alpha value is -1.32. The number of carbonyl (C=O) groups excluding carboxylic acids is 1. The van der Waals surface area contributed by atoms with E-state index in [-0.39, 0.29) is 5.91 Å². The zero-order chi connectivity index (χ0) is 10.1. The van der Waals surface area contributed by atoms with E-state index in [0.717, 1.165) is 0 Å². The lowest BCUT2D eigenvalue weighted by atomic mass is 10.1. The van der Waals surface area contributed by atoms with Gasteiger partial charge in [0.05, 0.1) is 0 Å². The highest BCUT2D eigenvalue weighted by atomic mass is 16.4. The molecule has 0 unspecified atom stereocenters. The third-order valence-electron chi connectivity index (χ3n) is 2.32. The Balaban J connectivity index is 2.67. The summed E-state index contributed by atoms with van der Waals surface area (Å²) in [5.41, 5.74) is -1.11. The molecule has 0 saturated heterocycles. The first-order chi connectivity index (χ1) is 6.04. The van der Waals surface area contributed by atoms with Gasteiger partial charge in [-0.2, -0.15) is 0 Å². The number of carboxylic acids is 1. The second-order valence-electron chi connectivity index (χ2n) is 3.36. The van der Waals surface area contributed by atoms with Crippen LogP contribution in [0, 0.1) is 5.41 Å². The third-order valence-corrected chi connectivity index (χ3v) is 2.32. The summed E-state index contributed by atoms with van der Waals surface area (Å²) in [7, 11) is 1.59. The Morgan fingerprint density at radius 1 is 1.62 bits per heavy atom. The van der Waals surface area contributed by atoms with E-state index in [1.807, 2.05) is 0 Å². The van der Waals surface area contributed by atoms with Crippen molar-refractivity contribution >= 4 is 11.9 Å². The normalized spacial score (nSPS) is 17.6. The van der Waals surface area contributed by atoms with Crippen molar-refractivity contribution in [3.63, 3.8) is 0 Å². The van der Waals surface area contributed by atoms with Gasteiger partial charge in [-0.3, -0.25) is 9.59 Å². The molecule has 13 heavy (non-hydrogen) atoms. The van der Waals surface area contributed by atoms with Crippen LogP contribution in [0.5, 0.6) is 0 Å². The molecule has 0 spiro atoms. The van der Waals surface area contributed by atoms with Crippen LogP contribution in [0.25, 0.3) is 0 Å². The van der Waals surface area contributed by atoms with E-state index in [0.29, 0.717) is 19.4 Å². The van der Waals surface area contributed by atoms with E-state index in [9.17, 15) is 9.59 Å². The van der Waals surface area contributed by atoms with Crippen LogP contribution < -0.4 is 0 Å². The molecule has 0 aromatic carbocycles. The van der Waals surface area contributed by atoms with Gasteiger partial charge < -0.3 is 10.0 Å². The minimum atomic E-state index is -1.11. The summed E-state index contributed by atoms with van der Waals surface area (Å²) in [5.74, 6) is -1.31. The van der Waals surface area contributed by atoms with E-state index in [1.165, 1.54) is 4.90 Å². The largest absolute Gasteiger partial charge is 0.480 e. The fourth-order valence-electron chi connectivity index (χ4n) is 1.29. The minimum Gasteiger partial charge on any atom is -0.480 e. The molecule has 0 bridgehead atoms. The van der Waals surface area contributed by atoms with Crippen molar-refractivity contribution in [2.45, 2.75) is 12.8 Å². The lowest BCUT2D eigenvalue weighted by Gasteiger charge is -2.18. The lowest BCUT2D eigenvalue weighted by Crippen LogP contribution is -2.38. The van der Waals surface area contributed by atoms with Crippen molar-refractivity contribution in [3.05, 3.63) is 12.7 Å². The maximum atomic E-state index is 11.6. The van der Waals surface area contributed by atoms with Crippen LogP contribution in [0.4, 0.5) is 0 Å². The van der Waals surface area contributed by atoms with Gasteiger partial charge in [0.25, 0.3) is 0 Å². The summed E-state index contributed by atoms with van der Waals surface area (Å²) in [6.07, 6.45) is 2.50. The molecule has 0 atom stereocenters. The second-order valence-corrected chi connectivity index (χ2v) is 3.36. The molecule has 1 rings (SSSR count). The molecule has 4 nitrogen and oxygen atoms in total. The van der Waals surface area contributed by atoms with Crippen LogP contribution in [0.15, 0.2) is 12.7 Å². The number of aliphatic carboxylic acids is 1. The molecule has 0 radical (unpaired) electrons. The Kier molecular flexibility index (Phi) is 2.40. The monoisotopic (exact) mass is 183 g/mol. The standard InChI is InChI=1S/C9H13NO3/c1-3-6-10(2)7(11)9(4-5-9)8(12)13/h3H,1,4-6H2,2H3,(H,12,13). The zero-order valence-electron chi connectivity index (χ0n) is 7.62. The van der Waals surface area contributed by atoms with Crippen LogP contribution in [0.1, 0.15) is 12.8 Å². The van der Waals surface area contributed by atoms with Crippen LogP contribution >= 0.6 is 0 Å². The maximum absolute atomic E-state index is 11.6. The number of carbonyl (C=O) groups is 2. The van der Waals surface area contributed by atoms with E-state index in [1.54, 1.807) is 13.1 Å². The first-order valence-electron chi connectivity index (χ1n) is 4.14. The Bertz CT molecular complexity index is 256. The van der Waals surface area contributed by atoms with Gasteiger partial charge in [0.1, 0.15) is 5.41 Å². The first-order valence-corrected chi connectivity index (χ1v) is 4.14. The quantitative estimate of drug-likeness (QED) is 0.510. The molecule has 1 aliphatic carbocycles. The molecule has 0 aromatic rings. The second kappa shape index (κ2) is 3.20. The van der Waals surface area contributed by atoms with E-state index in [2.05, 4.69) is 6.58 Å². The number of carboxylic acid groups (broad SMARTS) is 1. The summed E-state index contributed by atoms with van der Waals surface area (Å²) in [6, 6.07) is 0. The van der Waals surface area contributed by atoms with Crippen molar-refractivity contribution in [1.29, 1.82) is 0 Å². The average molecular weight is 183 g/mol. The summed E-state index contributed by atoms with van der Waals surface area (Å²) >= 11 is 0. The van der Waals surface area contributed by atoms with Crippen LogP contribution in [0.3, 0.4) is 0 Å².